The molecule has 0 atom stereocenters. The molecule has 0 saturated carbocycles. The van der Waals surface area contributed by atoms with E-state index in [9.17, 15) is 0 Å². The second kappa shape index (κ2) is 5.61. The van der Waals surface area contributed by atoms with Crippen molar-refractivity contribution in [1.82, 2.24) is 4.90 Å². The third-order valence-electron chi connectivity index (χ3n) is 3.25. The standard InChI is InChI=1S/C17H23N3/c1-17(2)10-13-8-6-7-9-15(13)16(19-17)14(11-18-3)12-20(4)5/h6-9,11-12H,10H2,1-5H3/b14-12-,18-11?. The Morgan fingerprint density at radius 1 is 1.30 bits per heavy atom. The van der Waals surface area contributed by atoms with Crippen molar-refractivity contribution in [2.24, 2.45) is 9.98 Å². The Hall–Kier alpha value is -1.90. The maximum Gasteiger partial charge on any atom is 0.0758 e. The first-order valence-electron chi connectivity index (χ1n) is 6.92. The van der Waals surface area contributed by atoms with Crippen molar-refractivity contribution in [3.63, 3.8) is 0 Å². The minimum absolute atomic E-state index is 0.0727. The molecule has 1 heterocycles. The normalized spacial score (nSPS) is 17.9. The summed E-state index contributed by atoms with van der Waals surface area (Å²) in [5, 5.41) is 0. The molecule has 1 aliphatic rings. The molecule has 3 nitrogen and oxygen atoms in total. The molecular weight excluding hydrogens is 246 g/mol. The second-order valence-corrected chi connectivity index (χ2v) is 6.04. The molecule has 0 bridgehead atoms. The molecule has 0 fully saturated rings. The van der Waals surface area contributed by atoms with Crippen LogP contribution in [-0.4, -0.2) is 43.5 Å². The Bertz CT molecular complexity index is 578. The lowest BCUT2D eigenvalue weighted by atomic mass is 9.85. The van der Waals surface area contributed by atoms with E-state index in [1.807, 2.05) is 25.2 Å². The molecule has 0 radical (unpaired) electrons. The van der Waals surface area contributed by atoms with Crippen LogP contribution < -0.4 is 0 Å². The van der Waals surface area contributed by atoms with Gasteiger partial charge >= 0.3 is 0 Å². The van der Waals surface area contributed by atoms with Gasteiger partial charge in [0.15, 0.2) is 0 Å². The van der Waals surface area contributed by atoms with Crippen molar-refractivity contribution in [3.05, 3.63) is 47.2 Å². The molecule has 20 heavy (non-hydrogen) atoms. The van der Waals surface area contributed by atoms with Crippen LogP contribution in [0.5, 0.6) is 0 Å². The lowest BCUT2D eigenvalue weighted by Gasteiger charge is -2.29. The van der Waals surface area contributed by atoms with Crippen molar-refractivity contribution in [1.29, 1.82) is 0 Å². The molecule has 2 rings (SSSR count). The molecule has 0 spiro atoms. The van der Waals surface area contributed by atoms with E-state index in [2.05, 4.69) is 49.3 Å². The van der Waals surface area contributed by atoms with Gasteiger partial charge in [-0.1, -0.05) is 24.3 Å². The molecule has 0 saturated heterocycles. The molecule has 106 valence electrons. The predicted octanol–water partition coefficient (Wildman–Crippen LogP) is 2.96. The molecule has 1 aromatic rings. The van der Waals surface area contributed by atoms with Gasteiger partial charge in [-0.2, -0.15) is 0 Å². The molecule has 0 unspecified atom stereocenters. The summed E-state index contributed by atoms with van der Waals surface area (Å²) in [4.78, 5) is 11.2. The molecule has 0 amide bonds. The van der Waals surface area contributed by atoms with E-state index in [1.54, 1.807) is 7.05 Å². The molecule has 0 N–H and O–H groups in total. The van der Waals surface area contributed by atoms with Gasteiger partial charge in [-0.25, -0.2) is 0 Å². The summed E-state index contributed by atoms with van der Waals surface area (Å²) in [5.41, 5.74) is 4.60. The van der Waals surface area contributed by atoms with E-state index >= 15 is 0 Å². The first-order valence-corrected chi connectivity index (χ1v) is 6.92. The van der Waals surface area contributed by atoms with Crippen molar-refractivity contribution < 1.29 is 0 Å². The fraction of sp³-hybridized carbons (Fsp3) is 0.412. The third kappa shape index (κ3) is 3.16. The largest absolute Gasteiger partial charge is 0.383 e. The van der Waals surface area contributed by atoms with Gasteiger partial charge in [-0.05, 0) is 25.8 Å². The topological polar surface area (TPSA) is 28.0 Å². The lowest BCUT2D eigenvalue weighted by Crippen LogP contribution is -2.30. The predicted molar refractivity (Wildman–Crippen MR) is 86.9 cm³/mol. The van der Waals surface area contributed by atoms with Crippen LogP contribution in [-0.2, 0) is 6.42 Å². The van der Waals surface area contributed by atoms with Gasteiger partial charge < -0.3 is 4.90 Å². The Morgan fingerprint density at radius 3 is 2.65 bits per heavy atom. The second-order valence-electron chi connectivity index (χ2n) is 6.04. The maximum absolute atomic E-state index is 4.96. The highest BCUT2D eigenvalue weighted by molar-refractivity contribution is 6.25. The Kier molecular flexibility index (Phi) is 4.07. The zero-order valence-corrected chi connectivity index (χ0v) is 13.0. The van der Waals surface area contributed by atoms with E-state index < -0.39 is 0 Å². The molecule has 0 aromatic heterocycles. The van der Waals surface area contributed by atoms with E-state index in [1.165, 1.54) is 11.1 Å². The zero-order chi connectivity index (χ0) is 14.8. The summed E-state index contributed by atoms with van der Waals surface area (Å²) in [7, 11) is 5.83. The van der Waals surface area contributed by atoms with Crippen molar-refractivity contribution in [2.45, 2.75) is 25.8 Å². The van der Waals surface area contributed by atoms with Gasteiger partial charge in [0.1, 0.15) is 0 Å². The van der Waals surface area contributed by atoms with Crippen LogP contribution >= 0.6 is 0 Å². The van der Waals surface area contributed by atoms with Crippen LogP contribution in [0.1, 0.15) is 25.0 Å². The van der Waals surface area contributed by atoms with E-state index in [4.69, 9.17) is 4.99 Å². The minimum Gasteiger partial charge on any atom is -0.383 e. The van der Waals surface area contributed by atoms with Gasteiger partial charge in [-0.3, -0.25) is 9.98 Å². The fourth-order valence-corrected chi connectivity index (χ4v) is 2.57. The summed E-state index contributed by atoms with van der Waals surface area (Å²) in [6, 6.07) is 8.52. The highest BCUT2D eigenvalue weighted by Gasteiger charge is 2.27. The number of allylic oxidation sites excluding steroid dienone is 1. The molecule has 0 aliphatic carbocycles. The van der Waals surface area contributed by atoms with Crippen LogP contribution in [0.15, 0.2) is 46.0 Å². The fourth-order valence-electron chi connectivity index (χ4n) is 2.57. The SMILES string of the molecule is CN=C/C(=C/N(C)C)C1=NC(C)(C)Cc2ccccc21. The van der Waals surface area contributed by atoms with Crippen LogP contribution in [0.2, 0.25) is 0 Å². The maximum atomic E-state index is 4.96. The Labute approximate surface area is 121 Å². The van der Waals surface area contributed by atoms with E-state index in [-0.39, 0.29) is 5.54 Å². The summed E-state index contributed by atoms with van der Waals surface area (Å²) in [6.07, 6.45) is 4.94. The van der Waals surface area contributed by atoms with Gasteiger partial charge in [0.2, 0.25) is 0 Å². The smallest absolute Gasteiger partial charge is 0.0758 e. The average molecular weight is 269 g/mol. The number of hydrogen-bond donors (Lipinski definition) is 0. The number of nitrogens with zero attached hydrogens (tertiary/aromatic N) is 3. The van der Waals surface area contributed by atoms with Crippen LogP contribution in [0.4, 0.5) is 0 Å². The van der Waals surface area contributed by atoms with Gasteiger partial charge in [0, 0.05) is 44.7 Å². The molecule has 3 heteroatoms. The minimum atomic E-state index is -0.0727. The van der Waals surface area contributed by atoms with Crippen LogP contribution in [0.25, 0.3) is 0 Å². The van der Waals surface area contributed by atoms with Gasteiger partial charge in [0.25, 0.3) is 0 Å². The van der Waals surface area contributed by atoms with E-state index in [0.717, 1.165) is 17.7 Å². The van der Waals surface area contributed by atoms with Crippen molar-refractivity contribution in [3.8, 4) is 0 Å². The summed E-state index contributed by atoms with van der Waals surface area (Å²) in [6.45, 7) is 4.36. The summed E-state index contributed by atoms with van der Waals surface area (Å²) in [5.74, 6) is 0. The monoisotopic (exact) mass is 269 g/mol. The first kappa shape index (κ1) is 14.5. The quantitative estimate of drug-likeness (QED) is 0.775. The number of hydrogen-bond acceptors (Lipinski definition) is 3. The number of rotatable bonds is 3. The van der Waals surface area contributed by atoms with Gasteiger partial charge in [-0.15, -0.1) is 0 Å². The summed E-state index contributed by atoms with van der Waals surface area (Å²) >= 11 is 0. The molecular formula is C17H23N3. The van der Waals surface area contributed by atoms with Crippen molar-refractivity contribution in [2.75, 3.05) is 21.1 Å². The zero-order valence-electron chi connectivity index (χ0n) is 13.0. The van der Waals surface area contributed by atoms with Crippen LogP contribution in [0.3, 0.4) is 0 Å². The van der Waals surface area contributed by atoms with Crippen molar-refractivity contribution >= 4 is 11.9 Å². The third-order valence-corrected chi connectivity index (χ3v) is 3.25. The highest BCUT2D eigenvalue weighted by Crippen LogP contribution is 2.28. The molecule has 1 aromatic carbocycles. The lowest BCUT2D eigenvalue weighted by molar-refractivity contribution is 0.513. The number of aliphatic imine (C=N–C) groups is 2. The first-order chi connectivity index (χ1) is 9.43. The molecule has 1 aliphatic heterocycles. The highest BCUT2D eigenvalue weighted by atomic mass is 15.0. The van der Waals surface area contributed by atoms with Crippen LogP contribution in [0, 0.1) is 0 Å². The average Bonchev–Trinajstić information content (AvgIpc) is 2.35. The van der Waals surface area contributed by atoms with E-state index in [0.29, 0.717) is 0 Å². The Balaban J connectivity index is 2.59. The number of fused-ring (bicyclic) bond motifs is 1. The number of benzene rings is 1. The summed E-state index contributed by atoms with van der Waals surface area (Å²) < 4.78 is 0. The Morgan fingerprint density at radius 2 is 2.00 bits per heavy atom. The van der Waals surface area contributed by atoms with Gasteiger partial charge in [0.05, 0.1) is 11.3 Å².